The van der Waals surface area contributed by atoms with E-state index < -0.39 is 22.0 Å². The lowest BCUT2D eigenvalue weighted by atomic mass is 9.93. The summed E-state index contributed by atoms with van der Waals surface area (Å²) in [5.41, 5.74) is 8.31. The van der Waals surface area contributed by atoms with Crippen molar-refractivity contribution in [3.8, 4) is 0 Å². The molecule has 0 bridgehead atoms. The summed E-state index contributed by atoms with van der Waals surface area (Å²) in [5.74, 6) is -0.582. The number of urea groups is 1. The predicted octanol–water partition coefficient (Wildman–Crippen LogP) is 5.38. The van der Waals surface area contributed by atoms with Gasteiger partial charge in [-0.15, -0.1) is 0 Å². The SMILES string of the molecule is CCC1=C(C)CC(C(=O)CCCc2ccc(S(=O)(=O)NC(=O)Nc3c4c(cc5c3CCC5)CCC4)cc2)C1=O. The number of carbonyl (C=O) groups excluding carboxylic acids is 3. The van der Waals surface area contributed by atoms with Gasteiger partial charge in [0.2, 0.25) is 0 Å². The quantitative estimate of drug-likeness (QED) is 0.409. The Balaban J connectivity index is 1.16. The van der Waals surface area contributed by atoms with Crippen LogP contribution in [0.25, 0.3) is 0 Å². The molecule has 2 N–H and O–H groups in total. The van der Waals surface area contributed by atoms with Gasteiger partial charge in [0.25, 0.3) is 10.0 Å². The Morgan fingerprint density at radius 1 is 0.974 bits per heavy atom. The molecule has 0 fully saturated rings. The third-order valence-electron chi connectivity index (χ3n) is 8.44. The molecule has 3 aliphatic rings. The van der Waals surface area contributed by atoms with Gasteiger partial charge in [-0.05, 0) is 117 Å². The Morgan fingerprint density at radius 2 is 1.62 bits per heavy atom. The third kappa shape index (κ3) is 5.57. The van der Waals surface area contributed by atoms with E-state index >= 15 is 0 Å². The zero-order chi connectivity index (χ0) is 27.7. The lowest BCUT2D eigenvalue weighted by Crippen LogP contribution is -2.35. The summed E-state index contributed by atoms with van der Waals surface area (Å²) in [5, 5.41) is 2.87. The van der Waals surface area contributed by atoms with E-state index in [4.69, 9.17) is 0 Å². The Morgan fingerprint density at radius 3 is 2.21 bits per heavy atom. The van der Waals surface area contributed by atoms with Crippen molar-refractivity contribution in [2.75, 3.05) is 5.32 Å². The molecular weight excluding hydrogens is 512 g/mol. The van der Waals surface area contributed by atoms with E-state index in [1.165, 1.54) is 23.3 Å². The van der Waals surface area contributed by atoms with Gasteiger partial charge in [0, 0.05) is 12.1 Å². The van der Waals surface area contributed by atoms with Crippen molar-refractivity contribution in [3.05, 3.63) is 69.3 Å². The summed E-state index contributed by atoms with van der Waals surface area (Å²) in [6.07, 6.45) is 8.55. The van der Waals surface area contributed by atoms with Gasteiger partial charge in [-0.1, -0.05) is 30.7 Å². The number of benzene rings is 2. The lowest BCUT2D eigenvalue weighted by molar-refractivity contribution is -0.130. The van der Waals surface area contributed by atoms with Crippen LogP contribution in [0, 0.1) is 5.92 Å². The molecule has 0 saturated heterocycles. The number of sulfonamides is 1. The third-order valence-corrected chi connectivity index (χ3v) is 9.79. The monoisotopic (exact) mass is 548 g/mol. The number of hydrogen-bond donors (Lipinski definition) is 2. The highest BCUT2D eigenvalue weighted by Gasteiger charge is 2.34. The standard InChI is InChI=1S/C31H36N2O5S/c1-3-24-19(2)17-27(30(24)35)28(34)12-4-7-20-13-15-23(16-14-20)39(37,38)33-31(36)32-29-25-10-5-8-21(25)18-22-9-6-11-26(22)29/h13-16,18,27H,3-12,17H2,1-2H3,(H2,32,33,36). The van der Waals surface area contributed by atoms with E-state index in [2.05, 4.69) is 16.1 Å². The first-order valence-electron chi connectivity index (χ1n) is 14.0. The molecule has 0 spiro atoms. The molecule has 5 rings (SSSR count). The molecule has 2 amide bonds. The largest absolute Gasteiger partial charge is 0.333 e. The Bertz CT molecular complexity index is 1440. The molecule has 3 aliphatic carbocycles. The second-order valence-corrected chi connectivity index (χ2v) is 12.7. The van der Waals surface area contributed by atoms with Gasteiger partial charge in [0.05, 0.1) is 10.8 Å². The van der Waals surface area contributed by atoms with Crippen molar-refractivity contribution in [1.82, 2.24) is 4.72 Å². The molecule has 206 valence electrons. The fourth-order valence-corrected chi connectivity index (χ4v) is 7.35. The van der Waals surface area contributed by atoms with Gasteiger partial charge in [0.15, 0.2) is 5.78 Å². The van der Waals surface area contributed by atoms with E-state index in [1.54, 1.807) is 12.1 Å². The number of nitrogens with one attached hydrogen (secondary N) is 2. The number of Topliss-reactive ketones (excluding diaryl/α,β-unsaturated/α-hetero) is 2. The second-order valence-electron chi connectivity index (χ2n) is 11.0. The number of aryl methyl sites for hydroxylation is 3. The number of ketones is 2. The predicted molar refractivity (Wildman–Crippen MR) is 150 cm³/mol. The molecule has 2 aromatic rings. The van der Waals surface area contributed by atoms with Crippen molar-refractivity contribution in [2.24, 2.45) is 5.92 Å². The van der Waals surface area contributed by atoms with E-state index in [1.807, 2.05) is 13.8 Å². The van der Waals surface area contributed by atoms with Crippen LogP contribution in [0.15, 0.2) is 46.4 Å². The van der Waals surface area contributed by atoms with Crippen molar-refractivity contribution in [1.29, 1.82) is 0 Å². The van der Waals surface area contributed by atoms with Gasteiger partial charge in [-0.2, -0.15) is 0 Å². The topological polar surface area (TPSA) is 109 Å². The van der Waals surface area contributed by atoms with E-state index in [0.29, 0.717) is 32.1 Å². The number of allylic oxidation sites excluding steroid dienone is 2. The van der Waals surface area contributed by atoms with Crippen LogP contribution in [-0.2, 0) is 51.7 Å². The van der Waals surface area contributed by atoms with Gasteiger partial charge in [0.1, 0.15) is 5.78 Å². The molecule has 2 aromatic carbocycles. The highest BCUT2D eigenvalue weighted by Crippen LogP contribution is 2.38. The van der Waals surface area contributed by atoms with Crippen molar-refractivity contribution in [2.45, 2.75) is 89.4 Å². The van der Waals surface area contributed by atoms with Crippen molar-refractivity contribution in [3.63, 3.8) is 0 Å². The Labute approximate surface area is 230 Å². The average Bonchev–Trinajstić information content (AvgIpc) is 3.63. The molecular formula is C31H36N2O5S. The number of amides is 2. The minimum Gasteiger partial charge on any atom is -0.307 e. The number of rotatable bonds is 9. The molecule has 8 heteroatoms. The molecule has 7 nitrogen and oxygen atoms in total. The molecule has 1 atom stereocenters. The van der Waals surface area contributed by atoms with Gasteiger partial charge in [-0.3, -0.25) is 9.59 Å². The van der Waals surface area contributed by atoms with Crippen LogP contribution in [0.2, 0.25) is 0 Å². The fourth-order valence-electron chi connectivity index (χ4n) is 6.44. The summed E-state index contributed by atoms with van der Waals surface area (Å²) in [4.78, 5) is 37.9. The fraction of sp³-hybridized carbons (Fsp3) is 0.452. The molecule has 0 aliphatic heterocycles. The second kappa shape index (κ2) is 11.1. The molecule has 0 aromatic heterocycles. The number of fused-ring (bicyclic) bond motifs is 2. The average molecular weight is 549 g/mol. The summed E-state index contributed by atoms with van der Waals surface area (Å²) < 4.78 is 28.0. The highest BCUT2D eigenvalue weighted by atomic mass is 32.2. The van der Waals surface area contributed by atoms with Gasteiger partial charge >= 0.3 is 6.03 Å². The first-order chi connectivity index (χ1) is 18.7. The maximum Gasteiger partial charge on any atom is 0.333 e. The minimum atomic E-state index is -4.05. The van der Waals surface area contributed by atoms with Crippen LogP contribution in [0.1, 0.15) is 80.2 Å². The zero-order valence-corrected chi connectivity index (χ0v) is 23.5. The van der Waals surface area contributed by atoms with Crippen LogP contribution in [0.4, 0.5) is 10.5 Å². The van der Waals surface area contributed by atoms with E-state index in [-0.39, 0.29) is 16.5 Å². The first kappa shape index (κ1) is 27.3. The zero-order valence-electron chi connectivity index (χ0n) is 22.7. The van der Waals surface area contributed by atoms with Gasteiger partial charge < -0.3 is 5.32 Å². The molecule has 1 unspecified atom stereocenters. The van der Waals surface area contributed by atoms with Crippen LogP contribution in [0.5, 0.6) is 0 Å². The van der Waals surface area contributed by atoms with Crippen LogP contribution in [0.3, 0.4) is 0 Å². The number of anilines is 1. The van der Waals surface area contributed by atoms with Crippen LogP contribution >= 0.6 is 0 Å². The summed E-state index contributed by atoms with van der Waals surface area (Å²) in [6.45, 7) is 3.87. The maximum absolute atomic E-state index is 12.9. The first-order valence-corrected chi connectivity index (χ1v) is 15.5. The van der Waals surface area contributed by atoms with Crippen LogP contribution < -0.4 is 10.0 Å². The number of carbonyl (C=O) groups is 3. The lowest BCUT2D eigenvalue weighted by Gasteiger charge is -2.16. The Hall–Kier alpha value is -3.26. The Kier molecular flexibility index (Phi) is 7.76. The van der Waals surface area contributed by atoms with Crippen LogP contribution in [-0.4, -0.2) is 26.0 Å². The summed E-state index contributed by atoms with van der Waals surface area (Å²) in [6, 6.07) is 7.88. The molecule has 39 heavy (non-hydrogen) atoms. The maximum atomic E-state index is 12.9. The summed E-state index contributed by atoms with van der Waals surface area (Å²) >= 11 is 0. The van der Waals surface area contributed by atoms with E-state index in [9.17, 15) is 22.8 Å². The van der Waals surface area contributed by atoms with Crippen molar-refractivity contribution >= 4 is 33.3 Å². The van der Waals surface area contributed by atoms with Crippen molar-refractivity contribution < 1.29 is 22.8 Å². The number of hydrogen-bond acceptors (Lipinski definition) is 5. The molecule has 0 heterocycles. The smallest absolute Gasteiger partial charge is 0.307 e. The van der Waals surface area contributed by atoms with Gasteiger partial charge in [-0.25, -0.2) is 17.9 Å². The minimum absolute atomic E-state index is 0.00573. The highest BCUT2D eigenvalue weighted by molar-refractivity contribution is 7.90. The normalized spacial score (nSPS) is 18.3. The summed E-state index contributed by atoms with van der Waals surface area (Å²) in [7, 11) is -4.05. The van der Waals surface area contributed by atoms with E-state index in [0.717, 1.165) is 72.0 Å². The molecule has 0 saturated carbocycles. The molecule has 0 radical (unpaired) electrons.